The number of thiophene rings is 1. The molecule has 10 heteroatoms. The number of aromatic nitrogens is 2. The number of piperazine rings is 1. The van der Waals surface area contributed by atoms with E-state index in [0.29, 0.717) is 19.1 Å². The summed E-state index contributed by atoms with van der Waals surface area (Å²) in [6.45, 7) is 3.08. The van der Waals surface area contributed by atoms with Crippen LogP contribution in [0, 0.1) is 0 Å². The Labute approximate surface area is 170 Å². The average molecular weight is 425 g/mol. The molecule has 0 spiro atoms. The van der Waals surface area contributed by atoms with Crippen molar-refractivity contribution in [2.75, 3.05) is 31.5 Å². The minimum absolute atomic E-state index is 0.0834. The number of alkyl halides is 3. The van der Waals surface area contributed by atoms with Gasteiger partial charge in [0.15, 0.2) is 11.7 Å². The molecule has 2 saturated heterocycles. The van der Waals surface area contributed by atoms with E-state index >= 15 is 0 Å². The Morgan fingerprint density at radius 2 is 2.14 bits per heavy atom. The zero-order valence-corrected chi connectivity index (χ0v) is 16.5. The number of anilines is 1. The molecule has 3 atom stereocenters. The van der Waals surface area contributed by atoms with E-state index in [4.69, 9.17) is 0 Å². The lowest BCUT2D eigenvalue weighted by molar-refractivity contribution is -0.173. The second kappa shape index (κ2) is 7.02. The molecule has 0 bridgehead atoms. The number of fused-ring (bicyclic) bond motifs is 2. The largest absolute Gasteiger partial charge is 0.410 e. The first-order valence-corrected chi connectivity index (χ1v) is 10.8. The van der Waals surface area contributed by atoms with Crippen molar-refractivity contribution in [3.63, 3.8) is 0 Å². The van der Waals surface area contributed by atoms with E-state index < -0.39 is 18.3 Å². The second-order valence-electron chi connectivity index (χ2n) is 7.95. The van der Waals surface area contributed by atoms with Crippen molar-refractivity contribution in [1.29, 1.82) is 0 Å². The fourth-order valence-corrected chi connectivity index (χ4v) is 5.48. The SMILES string of the molecule is O=C(c1cc2n(n1)[C@H](C(F)(F)F)C[C@H](c1cccs1)N2)N1CCN2CCC[C@H]2C1. The number of hydrogen-bond donors (Lipinski definition) is 1. The van der Waals surface area contributed by atoms with Gasteiger partial charge in [-0.05, 0) is 30.8 Å². The number of halogens is 3. The molecule has 2 aromatic heterocycles. The molecule has 0 unspecified atom stereocenters. The van der Waals surface area contributed by atoms with Gasteiger partial charge in [-0.15, -0.1) is 11.3 Å². The van der Waals surface area contributed by atoms with E-state index in [2.05, 4.69) is 15.3 Å². The predicted octanol–water partition coefficient (Wildman–Crippen LogP) is 3.53. The van der Waals surface area contributed by atoms with Gasteiger partial charge < -0.3 is 10.2 Å². The third-order valence-electron chi connectivity index (χ3n) is 6.17. The Morgan fingerprint density at radius 1 is 1.28 bits per heavy atom. The number of amides is 1. The molecule has 3 aliphatic rings. The summed E-state index contributed by atoms with van der Waals surface area (Å²) in [5.74, 6) is -0.0336. The summed E-state index contributed by atoms with van der Waals surface area (Å²) in [6, 6.07) is 3.29. The highest BCUT2D eigenvalue weighted by Gasteiger charge is 2.47. The van der Waals surface area contributed by atoms with Crippen molar-refractivity contribution < 1.29 is 18.0 Å². The van der Waals surface area contributed by atoms with Crippen LogP contribution in [0.25, 0.3) is 0 Å². The molecule has 1 amide bonds. The topological polar surface area (TPSA) is 53.4 Å². The van der Waals surface area contributed by atoms with E-state index in [0.717, 1.165) is 35.5 Å². The van der Waals surface area contributed by atoms with Crippen molar-refractivity contribution in [2.24, 2.45) is 0 Å². The van der Waals surface area contributed by atoms with Crippen LogP contribution in [-0.4, -0.2) is 63.9 Å². The van der Waals surface area contributed by atoms with Gasteiger partial charge >= 0.3 is 6.18 Å². The fourth-order valence-electron chi connectivity index (χ4n) is 4.69. The Bertz CT molecular complexity index is 896. The molecule has 1 N–H and O–H groups in total. The third kappa shape index (κ3) is 3.42. The van der Waals surface area contributed by atoms with Crippen LogP contribution in [0.1, 0.15) is 46.7 Å². The number of carbonyl (C=O) groups excluding carboxylic acids is 1. The molecule has 2 aromatic rings. The second-order valence-corrected chi connectivity index (χ2v) is 8.93. The van der Waals surface area contributed by atoms with E-state index in [1.165, 1.54) is 17.4 Å². The van der Waals surface area contributed by atoms with Crippen molar-refractivity contribution >= 4 is 23.1 Å². The number of rotatable bonds is 2. The zero-order valence-electron chi connectivity index (χ0n) is 15.7. The molecule has 2 fully saturated rings. The summed E-state index contributed by atoms with van der Waals surface area (Å²) in [6.07, 6.45) is -2.39. The highest BCUT2D eigenvalue weighted by molar-refractivity contribution is 7.10. The van der Waals surface area contributed by atoms with Crippen LogP contribution < -0.4 is 5.32 Å². The van der Waals surface area contributed by atoms with Crippen molar-refractivity contribution in [2.45, 2.75) is 43.6 Å². The van der Waals surface area contributed by atoms with Gasteiger partial charge in [0.25, 0.3) is 5.91 Å². The molecular weight excluding hydrogens is 403 g/mol. The Balaban J connectivity index is 1.42. The maximum atomic E-state index is 13.8. The number of nitrogens with zero attached hydrogens (tertiary/aromatic N) is 4. The number of carbonyl (C=O) groups is 1. The van der Waals surface area contributed by atoms with Crippen LogP contribution in [0.5, 0.6) is 0 Å². The van der Waals surface area contributed by atoms with Crippen LogP contribution in [-0.2, 0) is 0 Å². The summed E-state index contributed by atoms with van der Waals surface area (Å²) in [5, 5.41) is 9.11. The minimum atomic E-state index is -4.44. The van der Waals surface area contributed by atoms with Crippen LogP contribution >= 0.6 is 11.3 Å². The molecule has 0 saturated carbocycles. The molecule has 5 rings (SSSR count). The molecule has 6 nitrogen and oxygen atoms in total. The lowest BCUT2D eigenvalue weighted by atomic mass is 10.0. The van der Waals surface area contributed by atoms with Crippen LogP contribution in [0.2, 0.25) is 0 Å². The smallest absolute Gasteiger partial charge is 0.363 e. The lowest BCUT2D eigenvalue weighted by Gasteiger charge is -2.37. The third-order valence-corrected chi connectivity index (χ3v) is 7.16. The Morgan fingerprint density at radius 3 is 2.90 bits per heavy atom. The standard InChI is InChI=1S/C19H22F3N5OS/c20-19(21,22)16-9-13(15-4-2-8-29-15)23-17-10-14(24-27(16)17)18(28)26-7-6-25-5-1-3-12(25)11-26/h2,4,8,10,12-13,16,23H,1,3,5-7,9,11H2/t12-,13+,16-/m0/s1. The summed E-state index contributed by atoms with van der Waals surface area (Å²) in [7, 11) is 0. The highest BCUT2D eigenvalue weighted by Crippen LogP contribution is 2.44. The van der Waals surface area contributed by atoms with Crippen LogP contribution in [0.3, 0.4) is 0 Å². The molecular formula is C19H22F3N5OS. The molecule has 0 radical (unpaired) electrons. The maximum absolute atomic E-state index is 13.8. The number of nitrogens with one attached hydrogen (secondary N) is 1. The molecule has 0 aromatic carbocycles. The predicted molar refractivity (Wildman–Crippen MR) is 103 cm³/mol. The van der Waals surface area contributed by atoms with E-state index in [9.17, 15) is 18.0 Å². The van der Waals surface area contributed by atoms with Gasteiger partial charge in [-0.3, -0.25) is 9.69 Å². The normalized spacial score (nSPS) is 27.4. The molecule has 0 aliphatic carbocycles. The van der Waals surface area contributed by atoms with Crippen LogP contribution in [0.15, 0.2) is 23.6 Å². The van der Waals surface area contributed by atoms with Gasteiger partial charge in [0.1, 0.15) is 5.82 Å². The summed E-state index contributed by atoms with van der Waals surface area (Å²) in [5.41, 5.74) is 0.0834. The molecule has 156 valence electrons. The number of hydrogen-bond acceptors (Lipinski definition) is 5. The molecule has 3 aliphatic heterocycles. The maximum Gasteiger partial charge on any atom is 0.410 e. The first kappa shape index (κ1) is 18.9. The Kier molecular flexibility index (Phi) is 4.58. The lowest BCUT2D eigenvalue weighted by Crippen LogP contribution is -2.52. The first-order chi connectivity index (χ1) is 13.9. The van der Waals surface area contributed by atoms with Gasteiger partial charge in [0, 0.05) is 43.0 Å². The highest BCUT2D eigenvalue weighted by atomic mass is 32.1. The van der Waals surface area contributed by atoms with E-state index in [1.54, 1.807) is 4.90 Å². The van der Waals surface area contributed by atoms with Crippen LogP contribution in [0.4, 0.5) is 19.0 Å². The molecule has 5 heterocycles. The average Bonchev–Trinajstić information content (AvgIpc) is 3.44. The van der Waals surface area contributed by atoms with Crippen molar-refractivity contribution in [1.82, 2.24) is 19.6 Å². The fraction of sp³-hybridized carbons (Fsp3) is 0.579. The van der Waals surface area contributed by atoms with Crippen molar-refractivity contribution in [3.8, 4) is 0 Å². The minimum Gasteiger partial charge on any atom is -0.363 e. The van der Waals surface area contributed by atoms with E-state index in [-0.39, 0.29) is 23.8 Å². The quantitative estimate of drug-likeness (QED) is 0.800. The Hall–Kier alpha value is -2.07. The van der Waals surface area contributed by atoms with Gasteiger partial charge in [0.05, 0.1) is 6.04 Å². The van der Waals surface area contributed by atoms with Gasteiger partial charge in [-0.2, -0.15) is 18.3 Å². The summed E-state index contributed by atoms with van der Waals surface area (Å²) >= 11 is 1.42. The zero-order chi connectivity index (χ0) is 20.2. The summed E-state index contributed by atoms with van der Waals surface area (Å²) in [4.78, 5) is 18.0. The molecule has 29 heavy (non-hydrogen) atoms. The first-order valence-electron chi connectivity index (χ1n) is 9.89. The van der Waals surface area contributed by atoms with E-state index in [1.807, 2.05) is 17.5 Å². The van der Waals surface area contributed by atoms with Crippen molar-refractivity contribution in [3.05, 3.63) is 34.2 Å². The summed E-state index contributed by atoms with van der Waals surface area (Å²) < 4.78 is 42.2. The monoisotopic (exact) mass is 425 g/mol. The van der Waals surface area contributed by atoms with Gasteiger partial charge in [-0.25, -0.2) is 4.68 Å². The van der Waals surface area contributed by atoms with Gasteiger partial charge in [-0.1, -0.05) is 6.07 Å². The van der Waals surface area contributed by atoms with Gasteiger partial charge in [0.2, 0.25) is 0 Å².